The van der Waals surface area contributed by atoms with Gasteiger partial charge in [0.05, 0.1) is 0 Å². The lowest BCUT2D eigenvalue weighted by Crippen LogP contribution is -2.36. The summed E-state index contributed by atoms with van der Waals surface area (Å²) in [5.41, 5.74) is 0.768. The van der Waals surface area contributed by atoms with Gasteiger partial charge in [-0.1, -0.05) is 32.0 Å². The van der Waals surface area contributed by atoms with E-state index in [0.717, 1.165) is 24.9 Å². The van der Waals surface area contributed by atoms with Crippen molar-refractivity contribution < 1.29 is 4.39 Å². The van der Waals surface area contributed by atoms with Crippen molar-refractivity contribution in [1.29, 1.82) is 0 Å². The number of benzene rings is 1. The topological polar surface area (TPSA) is 12.0 Å². The molecule has 1 aromatic rings. The van der Waals surface area contributed by atoms with Gasteiger partial charge in [-0.05, 0) is 31.5 Å². The average molecular weight is 209 g/mol. The van der Waals surface area contributed by atoms with Crippen molar-refractivity contribution in [3.8, 4) is 0 Å². The number of nitrogens with one attached hydrogen (secondary N) is 1. The second-order valence-electron chi connectivity index (χ2n) is 4.00. The Morgan fingerprint density at radius 1 is 1.20 bits per heavy atom. The maximum absolute atomic E-state index is 13.8. The van der Waals surface area contributed by atoms with Crippen molar-refractivity contribution in [2.75, 3.05) is 13.6 Å². The SMILES string of the molecule is CCC(CC)(CNC)c1ccccc1F. The third-order valence-electron chi connectivity index (χ3n) is 3.31. The Hall–Kier alpha value is -0.890. The molecule has 0 heterocycles. The van der Waals surface area contributed by atoms with Crippen LogP contribution in [0.4, 0.5) is 4.39 Å². The summed E-state index contributed by atoms with van der Waals surface area (Å²) >= 11 is 0. The van der Waals surface area contributed by atoms with Gasteiger partial charge in [-0.25, -0.2) is 4.39 Å². The third-order valence-corrected chi connectivity index (χ3v) is 3.31. The molecule has 0 atom stereocenters. The summed E-state index contributed by atoms with van der Waals surface area (Å²) in [5, 5.41) is 3.17. The highest BCUT2D eigenvalue weighted by Crippen LogP contribution is 2.32. The standard InChI is InChI=1S/C13H20FN/c1-4-13(5-2,10-15-3)11-8-6-7-9-12(11)14/h6-9,15H,4-5,10H2,1-3H3. The second kappa shape index (κ2) is 5.26. The monoisotopic (exact) mass is 209 g/mol. The minimum atomic E-state index is -0.0866. The van der Waals surface area contributed by atoms with E-state index in [1.807, 2.05) is 19.2 Å². The molecule has 84 valence electrons. The molecule has 2 heteroatoms. The predicted molar refractivity (Wildman–Crippen MR) is 62.6 cm³/mol. The van der Waals surface area contributed by atoms with Crippen molar-refractivity contribution in [1.82, 2.24) is 5.32 Å². The summed E-state index contributed by atoms with van der Waals surface area (Å²) in [6.45, 7) is 5.06. The summed E-state index contributed by atoms with van der Waals surface area (Å²) < 4.78 is 13.8. The van der Waals surface area contributed by atoms with Gasteiger partial charge in [-0.15, -0.1) is 0 Å². The molecule has 0 aliphatic heterocycles. The van der Waals surface area contributed by atoms with Crippen LogP contribution in [0.5, 0.6) is 0 Å². The Labute approximate surface area is 91.7 Å². The van der Waals surface area contributed by atoms with Gasteiger partial charge in [-0.2, -0.15) is 0 Å². The molecule has 0 aromatic heterocycles. The Morgan fingerprint density at radius 2 is 1.80 bits per heavy atom. The number of likely N-dealkylation sites (N-methyl/N-ethyl adjacent to an activating group) is 1. The highest BCUT2D eigenvalue weighted by molar-refractivity contribution is 5.27. The Bertz CT molecular complexity index is 305. The van der Waals surface area contributed by atoms with Crippen LogP contribution in [0.1, 0.15) is 32.3 Å². The van der Waals surface area contributed by atoms with Gasteiger partial charge in [0.1, 0.15) is 5.82 Å². The molecule has 0 radical (unpaired) electrons. The zero-order valence-electron chi connectivity index (χ0n) is 9.81. The lowest BCUT2D eigenvalue weighted by atomic mass is 9.75. The maximum atomic E-state index is 13.8. The first kappa shape index (κ1) is 12.2. The molecule has 0 aliphatic carbocycles. The summed E-state index contributed by atoms with van der Waals surface area (Å²) in [7, 11) is 1.92. The first-order valence-electron chi connectivity index (χ1n) is 5.59. The predicted octanol–water partition coefficient (Wildman–Crippen LogP) is 3.10. The minimum absolute atomic E-state index is 0.0694. The van der Waals surface area contributed by atoms with Crippen molar-refractivity contribution >= 4 is 0 Å². The molecule has 1 aromatic carbocycles. The summed E-state index contributed by atoms with van der Waals surface area (Å²) in [6, 6.07) is 7.10. The van der Waals surface area contributed by atoms with Crippen LogP contribution in [0.3, 0.4) is 0 Å². The quantitative estimate of drug-likeness (QED) is 0.785. The molecule has 1 N–H and O–H groups in total. The second-order valence-corrected chi connectivity index (χ2v) is 4.00. The maximum Gasteiger partial charge on any atom is 0.127 e. The summed E-state index contributed by atoms with van der Waals surface area (Å²) in [5.74, 6) is -0.0866. The Kier molecular flexibility index (Phi) is 4.28. The molecule has 0 fully saturated rings. The fourth-order valence-corrected chi connectivity index (χ4v) is 2.21. The Morgan fingerprint density at radius 3 is 2.27 bits per heavy atom. The molecule has 0 bridgehead atoms. The normalized spacial score (nSPS) is 11.7. The fourth-order valence-electron chi connectivity index (χ4n) is 2.21. The highest BCUT2D eigenvalue weighted by Gasteiger charge is 2.29. The van der Waals surface area contributed by atoms with Crippen molar-refractivity contribution in [2.45, 2.75) is 32.1 Å². The van der Waals surface area contributed by atoms with Crippen LogP contribution in [0.15, 0.2) is 24.3 Å². The highest BCUT2D eigenvalue weighted by atomic mass is 19.1. The summed E-state index contributed by atoms with van der Waals surface area (Å²) in [4.78, 5) is 0. The molecule has 15 heavy (non-hydrogen) atoms. The van der Waals surface area contributed by atoms with Gasteiger partial charge < -0.3 is 5.32 Å². The number of halogens is 1. The van der Waals surface area contributed by atoms with E-state index >= 15 is 0 Å². The van der Waals surface area contributed by atoms with Gasteiger partial charge in [-0.3, -0.25) is 0 Å². The number of hydrogen-bond donors (Lipinski definition) is 1. The van der Waals surface area contributed by atoms with Crippen LogP contribution >= 0.6 is 0 Å². The van der Waals surface area contributed by atoms with E-state index in [4.69, 9.17) is 0 Å². The molecule has 0 amide bonds. The van der Waals surface area contributed by atoms with Crippen molar-refractivity contribution in [3.63, 3.8) is 0 Å². The summed E-state index contributed by atoms with van der Waals surface area (Å²) in [6.07, 6.45) is 1.90. The van der Waals surface area contributed by atoms with E-state index < -0.39 is 0 Å². The van der Waals surface area contributed by atoms with Crippen LogP contribution in [0.2, 0.25) is 0 Å². The van der Waals surface area contributed by atoms with Gasteiger partial charge in [0.15, 0.2) is 0 Å². The molecule has 0 saturated carbocycles. The zero-order chi connectivity index (χ0) is 11.3. The zero-order valence-corrected chi connectivity index (χ0v) is 9.81. The van der Waals surface area contributed by atoms with Crippen LogP contribution in [0, 0.1) is 5.82 Å². The molecule has 0 unspecified atom stereocenters. The third kappa shape index (κ3) is 2.37. The first-order valence-corrected chi connectivity index (χ1v) is 5.59. The van der Waals surface area contributed by atoms with Crippen LogP contribution in [-0.4, -0.2) is 13.6 Å². The number of hydrogen-bond acceptors (Lipinski definition) is 1. The average Bonchev–Trinajstić information content (AvgIpc) is 2.27. The lowest BCUT2D eigenvalue weighted by molar-refractivity contribution is 0.364. The van der Waals surface area contributed by atoms with E-state index in [-0.39, 0.29) is 11.2 Å². The van der Waals surface area contributed by atoms with Gasteiger partial charge in [0.2, 0.25) is 0 Å². The molecule has 0 spiro atoms. The van der Waals surface area contributed by atoms with Gasteiger partial charge in [0.25, 0.3) is 0 Å². The van der Waals surface area contributed by atoms with E-state index in [0.29, 0.717) is 0 Å². The number of rotatable bonds is 5. The Balaban J connectivity index is 3.13. The minimum Gasteiger partial charge on any atom is -0.319 e. The van der Waals surface area contributed by atoms with Crippen molar-refractivity contribution in [2.24, 2.45) is 0 Å². The first-order chi connectivity index (χ1) is 7.20. The van der Waals surface area contributed by atoms with E-state index in [9.17, 15) is 4.39 Å². The van der Waals surface area contributed by atoms with E-state index in [2.05, 4.69) is 19.2 Å². The van der Waals surface area contributed by atoms with Gasteiger partial charge in [0, 0.05) is 12.0 Å². The fraction of sp³-hybridized carbons (Fsp3) is 0.538. The lowest BCUT2D eigenvalue weighted by Gasteiger charge is -2.32. The van der Waals surface area contributed by atoms with Crippen LogP contribution in [0.25, 0.3) is 0 Å². The molecular weight excluding hydrogens is 189 g/mol. The van der Waals surface area contributed by atoms with Gasteiger partial charge >= 0.3 is 0 Å². The molecular formula is C13H20FN. The molecule has 0 saturated heterocycles. The van der Waals surface area contributed by atoms with E-state index in [1.54, 1.807) is 12.1 Å². The van der Waals surface area contributed by atoms with Crippen LogP contribution < -0.4 is 5.32 Å². The van der Waals surface area contributed by atoms with Crippen molar-refractivity contribution in [3.05, 3.63) is 35.6 Å². The molecule has 1 rings (SSSR count). The molecule has 1 nitrogen and oxygen atoms in total. The van der Waals surface area contributed by atoms with Crippen LogP contribution in [-0.2, 0) is 5.41 Å². The smallest absolute Gasteiger partial charge is 0.127 e. The largest absolute Gasteiger partial charge is 0.319 e. The van der Waals surface area contributed by atoms with E-state index in [1.165, 1.54) is 0 Å². The molecule has 0 aliphatic rings.